The zero-order valence-electron chi connectivity index (χ0n) is 49.1. The van der Waals surface area contributed by atoms with Crippen molar-refractivity contribution in [1.82, 2.24) is 19.7 Å². The number of aliphatic hydroxyl groups excluding tert-OH is 3. The molecule has 3 aromatic rings. The molecule has 3 aliphatic heterocycles. The van der Waals surface area contributed by atoms with Gasteiger partial charge in [-0.2, -0.15) is 0 Å². The molecule has 18 atom stereocenters. The van der Waals surface area contributed by atoms with E-state index in [4.69, 9.17) is 44.8 Å². The number of hydrogen-bond acceptors (Lipinski definition) is 17. The normalized spacial score (nSPS) is 36.6. The lowest BCUT2D eigenvalue weighted by Gasteiger charge is -2.48. The molecule has 0 unspecified atom stereocenters. The van der Waals surface area contributed by atoms with Crippen LogP contribution in [0.15, 0.2) is 42.5 Å². The van der Waals surface area contributed by atoms with E-state index in [9.17, 15) is 39.9 Å². The van der Waals surface area contributed by atoms with Crippen molar-refractivity contribution >= 4 is 40.3 Å². The molecule has 1 aromatic heterocycles. The van der Waals surface area contributed by atoms with Crippen LogP contribution in [0, 0.1) is 24.7 Å². The maximum absolute atomic E-state index is 14.7. The first kappa shape index (κ1) is 64.4. The van der Waals surface area contributed by atoms with Gasteiger partial charge < -0.3 is 68.9 Å². The van der Waals surface area contributed by atoms with Crippen LogP contribution in [0.25, 0.3) is 10.9 Å². The number of rotatable bonds is 15. The Hall–Kier alpha value is -3.80. The van der Waals surface area contributed by atoms with Crippen LogP contribution in [0.4, 0.5) is 0 Å². The lowest BCUT2D eigenvalue weighted by molar-refractivity contribution is -0.318. The van der Waals surface area contributed by atoms with Crippen LogP contribution in [-0.4, -0.2) is 196 Å². The third-order valence-electron chi connectivity index (χ3n) is 17.2. The molecule has 20 heteroatoms. The third kappa shape index (κ3) is 14.5. The summed E-state index contributed by atoms with van der Waals surface area (Å²) in [6.45, 7) is 20.0. The van der Waals surface area contributed by atoms with E-state index in [2.05, 4.69) is 5.32 Å². The molecule has 2 aromatic carbocycles. The van der Waals surface area contributed by atoms with E-state index < -0.39 is 96.0 Å². The predicted octanol–water partition coefficient (Wildman–Crippen LogP) is 5.63. The minimum atomic E-state index is -1.97. The van der Waals surface area contributed by atoms with Crippen LogP contribution in [0.1, 0.15) is 123 Å². The third-order valence-corrected chi connectivity index (χ3v) is 17.4. The summed E-state index contributed by atoms with van der Waals surface area (Å²) in [6, 6.07) is 10.9. The van der Waals surface area contributed by atoms with E-state index >= 15 is 0 Å². The van der Waals surface area contributed by atoms with Crippen LogP contribution in [0.2, 0.25) is 5.02 Å². The van der Waals surface area contributed by atoms with Gasteiger partial charge in [-0.05, 0) is 149 Å². The minimum absolute atomic E-state index is 0.0341. The predicted molar refractivity (Wildman–Crippen MR) is 299 cm³/mol. The average molecular weight is 1130 g/mol. The quantitative estimate of drug-likeness (QED) is 0.0798. The van der Waals surface area contributed by atoms with Crippen molar-refractivity contribution < 1.29 is 73.1 Å². The first-order valence-electron chi connectivity index (χ1n) is 28.0. The number of fused-ring (bicyclic) bond motifs is 1. The largest absolute Gasteiger partial charge is 0.497 e. The van der Waals surface area contributed by atoms with Crippen molar-refractivity contribution in [2.24, 2.45) is 17.8 Å². The smallest absolute Gasteiger partial charge is 0.311 e. The van der Waals surface area contributed by atoms with Gasteiger partial charge in [0.25, 0.3) is 5.91 Å². The van der Waals surface area contributed by atoms with E-state index in [1.165, 1.54) is 14.0 Å². The highest BCUT2D eigenvalue weighted by atomic mass is 35.5. The lowest BCUT2D eigenvalue weighted by atomic mass is 9.77. The van der Waals surface area contributed by atoms with Crippen LogP contribution in [0.3, 0.4) is 0 Å². The van der Waals surface area contributed by atoms with Crippen molar-refractivity contribution in [2.75, 3.05) is 47.9 Å². The maximum Gasteiger partial charge on any atom is 0.311 e. The summed E-state index contributed by atoms with van der Waals surface area (Å²) in [5, 5.41) is 64.8. The van der Waals surface area contributed by atoms with Crippen LogP contribution in [0.5, 0.6) is 5.75 Å². The van der Waals surface area contributed by atoms with Gasteiger partial charge in [0.2, 0.25) is 5.91 Å². The summed E-state index contributed by atoms with van der Waals surface area (Å²) in [4.78, 5) is 46.5. The molecule has 19 nitrogen and oxygen atoms in total. The molecule has 4 heterocycles. The summed E-state index contributed by atoms with van der Waals surface area (Å²) in [5.41, 5.74) is -2.44. The number of carbonyl (C=O) groups excluding carboxylic acids is 3. The van der Waals surface area contributed by atoms with Gasteiger partial charge in [-0.3, -0.25) is 23.9 Å². The second-order valence-corrected chi connectivity index (χ2v) is 24.1. The van der Waals surface area contributed by atoms with Crippen LogP contribution in [-0.2, 0) is 44.4 Å². The Labute approximate surface area is 472 Å². The van der Waals surface area contributed by atoms with Gasteiger partial charge in [0.15, 0.2) is 12.6 Å². The van der Waals surface area contributed by atoms with Crippen LogP contribution >= 0.6 is 11.6 Å². The zero-order chi connectivity index (χ0) is 58.6. The molecule has 1 amide bonds. The first-order valence-corrected chi connectivity index (χ1v) is 28.4. The van der Waals surface area contributed by atoms with Crippen molar-refractivity contribution in [1.29, 1.82) is 0 Å². The molecular weight excluding hydrogens is 1040 g/mol. The van der Waals surface area contributed by atoms with E-state index in [0.717, 1.165) is 0 Å². The Morgan fingerprint density at radius 2 is 1.59 bits per heavy atom. The second kappa shape index (κ2) is 26.6. The fourth-order valence-electron chi connectivity index (χ4n) is 12.4. The fourth-order valence-corrected chi connectivity index (χ4v) is 12.6. The molecule has 6 N–H and O–H groups in total. The minimum Gasteiger partial charge on any atom is -0.497 e. The number of halogens is 1. The molecule has 3 fully saturated rings. The highest BCUT2D eigenvalue weighted by molar-refractivity contribution is 6.30. The summed E-state index contributed by atoms with van der Waals surface area (Å²) in [7, 11) is 6.78. The number of amides is 1. The number of nitrogens with zero attached hydrogens (tertiary/aromatic N) is 3. The molecule has 6 rings (SSSR count). The Kier molecular flexibility index (Phi) is 21.7. The molecule has 444 valence electrons. The van der Waals surface area contributed by atoms with E-state index in [1.807, 2.05) is 50.7 Å². The van der Waals surface area contributed by atoms with Gasteiger partial charge in [0, 0.05) is 72.8 Å². The molecule has 0 bridgehead atoms. The van der Waals surface area contributed by atoms with Gasteiger partial charge in [-0.25, -0.2) is 0 Å². The molecule has 0 radical (unpaired) electrons. The van der Waals surface area contributed by atoms with Crippen molar-refractivity contribution in [3.05, 3.63) is 64.3 Å². The average Bonchev–Trinajstić information content (AvgIpc) is 3.73. The number of hydrogen-bond donors (Lipinski definition) is 6. The standard InChI is InChI=1S/C59H91ClN4O15/c1-16-46-59(11,72)51(67)37(7)63(25-17-24-61-47(65)28-42-36(6)64(44-23-22-41(73-14)27-43(42)44)54(69)39-18-20-40(60)21-19-39)31-32(2)29-57(9,71)53(79-56-49(66)45(62(12)13)26-33(3)75-56)34(4)50(35(5)55(70)77-46)78-48-30-58(10,74-15)52(68)38(8)76-48/h18-23,27,32-35,37-38,45-46,48-53,56,66-68,71-72H,16-17,24-26,28-31H2,1-15H3,(H,61,65)/t32-,33-,34+,35-,37-,38+,45+,46-,48+,49-,50+,51-,52+,53-,56+,57-,58-,59-/m1/s1. The second-order valence-electron chi connectivity index (χ2n) is 23.7. The monoisotopic (exact) mass is 1130 g/mol. The number of aliphatic hydroxyl groups is 5. The summed E-state index contributed by atoms with van der Waals surface area (Å²) in [5.74, 6) is -3.01. The Balaban J connectivity index is 1.30. The fraction of sp³-hybridized carbons (Fsp3) is 0.712. The number of likely N-dealkylation sites (N-methyl/N-ethyl adjacent to an activating group) is 1. The molecule has 0 aliphatic carbocycles. The van der Waals surface area contributed by atoms with E-state index in [0.29, 0.717) is 64.4 Å². The Bertz CT molecular complexity index is 2530. The van der Waals surface area contributed by atoms with E-state index in [-0.39, 0.29) is 62.1 Å². The molecule has 79 heavy (non-hydrogen) atoms. The molecule has 0 spiro atoms. The summed E-state index contributed by atoms with van der Waals surface area (Å²) >= 11 is 6.14. The van der Waals surface area contributed by atoms with Crippen molar-refractivity contribution in [3.8, 4) is 5.75 Å². The number of aromatic nitrogens is 1. The van der Waals surface area contributed by atoms with Crippen molar-refractivity contribution in [3.63, 3.8) is 0 Å². The Morgan fingerprint density at radius 3 is 2.22 bits per heavy atom. The number of methoxy groups -OCH3 is 2. The van der Waals surface area contributed by atoms with Gasteiger partial charge in [-0.15, -0.1) is 0 Å². The first-order chi connectivity index (χ1) is 37.0. The molecule has 3 saturated heterocycles. The highest BCUT2D eigenvalue weighted by Crippen LogP contribution is 2.41. The Morgan fingerprint density at radius 1 is 0.924 bits per heavy atom. The molecular formula is C59H91ClN4O15. The van der Waals surface area contributed by atoms with Gasteiger partial charge in [0.1, 0.15) is 35.8 Å². The van der Waals surface area contributed by atoms with Gasteiger partial charge in [0.05, 0.1) is 60.6 Å². The van der Waals surface area contributed by atoms with Gasteiger partial charge in [-0.1, -0.05) is 32.4 Å². The van der Waals surface area contributed by atoms with E-state index in [1.54, 1.807) is 96.5 Å². The van der Waals surface area contributed by atoms with Crippen molar-refractivity contribution in [2.45, 2.75) is 205 Å². The van der Waals surface area contributed by atoms with Crippen LogP contribution < -0.4 is 10.1 Å². The summed E-state index contributed by atoms with van der Waals surface area (Å²) < 4.78 is 45.4. The molecule has 3 aliphatic rings. The maximum atomic E-state index is 14.7. The topological polar surface area (TPSA) is 240 Å². The highest BCUT2D eigenvalue weighted by Gasteiger charge is 2.53. The zero-order valence-corrected chi connectivity index (χ0v) is 49.9. The number of nitrogens with one attached hydrogen (secondary N) is 1. The number of cyclic esters (lactones) is 1. The number of esters is 1. The van der Waals surface area contributed by atoms with Gasteiger partial charge >= 0.3 is 5.97 Å². The lowest BCUT2D eigenvalue weighted by Crippen LogP contribution is -2.60. The molecule has 0 saturated carbocycles. The number of benzene rings is 2. The number of carbonyl (C=O) groups is 3. The number of ether oxygens (including phenoxy) is 7. The SMILES string of the molecule is CC[C@H]1OC(=O)[C@H](C)[C@@H](O[C@H]2C[C@@](C)(OC)[C@@H](O)[C@H](C)O2)[C@H](C)[C@@H](O[C@@H]2O[C@H](C)C[C@H](N(C)C)[C@H]2O)[C@](C)(O)C[C@@H](C)CN(CCCNC(=O)Cc2c(C)n(C(=O)c3ccc(Cl)cc3)c3ccc(OC)cc23)[C@H](C)[C@@H](O)[C@]1(C)O. The summed E-state index contributed by atoms with van der Waals surface area (Å²) in [6.07, 6.45) is -9.10.